The van der Waals surface area contributed by atoms with Gasteiger partial charge in [-0.2, -0.15) is 0 Å². The minimum absolute atomic E-state index is 0.122. The molecule has 32 heavy (non-hydrogen) atoms. The maximum Gasteiger partial charge on any atom is 0.337 e. The number of rotatable bonds is 4. The number of methoxy groups -OCH3 is 1. The fraction of sp³-hybridized carbons (Fsp3) is 0.304. The number of fused-ring (bicyclic) bond motifs is 1. The largest absolute Gasteiger partial charge is 0.465 e. The van der Waals surface area contributed by atoms with Crippen LogP contribution in [0.1, 0.15) is 17.3 Å². The van der Waals surface area contributed by atoms with Crippen molar-refractivity contribution >= 4 is 34.5 Å². The molecule has 0 saturated carbocycles. The zero-order valence-electron chi connectivity index (χ0n) is 18.1. The van der Waals surface area contributed by atoms with Gasteiger partial charge in [0.1, 0.15) is 0 Å². The lowest BCUT2D eigenvalue weighted by atomic mass is 10.2. The summed E-state index contributed by atoms with van der Waals surface area (Å²) in [6.45, 7) is 4.39. The second-order valence-corrected chi connectivity index (χ2v) is 7.45. The van der Waals surface area contributed by atoms with Crippen molar-refractivity contribution in [3.8, 4) is 0 Å². The highest BCUT2D eigenvalue weighted by molar-refractivity contribution is 5.94. The number of aromatic nitrogens is 2. The summed E-state index contributed by atoms with van der Waals surface area (Å²) in [4.78, 5) is 45.6. The molecule has 0 unspecified atom stereocenters. The smallest absolute Gasteiger partial charge is 0.337 e. The van der Waals surface area contributed by atoms with Gasteiger partial charge in [-0.15, -0.1) is 0 Å². The van der Waals surface area contributed by atoms with Gasteiger partial charge in [-0.3, -0.25) is 4.79 Å². The van der Waals surface area contributed by atoms with Gasteiger partial charge in [0.2, 0.25) is 0 Å². The van der Waals surface area contributed by atoms with E-state index < -0.39 is 5.97 Å². The molecule has 1 aliphatic heterocycles. The lowest BCUT2D eigenvalue weighted by Crippen LogP contribution is -2.51. The van der Waals surface area contributed by atoms with E-state index in [0.717, 1.165) is 11.0 Å². The van der Waals surface area contributed by atoms with Crippen LogP contribution >= 0.6 is 0 Å². The first-order valence-corrected chi connectivity index (χ1v) is 10.5. The highest BCUT2D eigenvalue weighted by atomic mass is 16.5. The molecule has 4 rings (SSSR count). The Labute approximate surface area is 185 Å². The number of benzene rings is 2. The Morgan fingerprint density at radius 2 is 1.81 bits per heavy atom. The summed E-state index contributed by atoms with van der Waals surface area (Å²) in [5.74, 6) is -0.0493. The van der Waals surface area contributed by atoms with Gasteiger partial charge in [0.15, 0.2) is 5.82 Å². The van der Waals surface area contributed by atoms with E-state index in [4.69, 9.17) is 4.74 Å². The number of amides is 2. The van der Waals surface area contributed by atoms with E-state index in [-0.39, 0.29) is 11.6 Å². The quantitative estimate of drug-likeness (QED) is 0.633. The molecule has 1 aliphatic rings. The third kappa shape index (κ3) is 4.14. The molecule has 1 saturated heterocycles. The Morgan fingerprint density at radius 3 is 2.53 bits per heavy atom. The maximum atomic E-state index is 13.0. The molecule has 9 nitrogen and oxygen atoms in total. The summed E-state index contributed by atoms with van der Waals surface area (Å²) in [5.41, 5.74) is 2.35. The van der Waals surface area contributed by atoms with E-state index >= 15 is 0 Å². The average molecular weight is 435 g/mol. The van der Waals surface area contributed by atoms with E-state index in [1.165, 1.54) is 7.11 Å². The molecule has 9 heteroatoms. The van der Waals surface area contributed by atoms with Gasteiger partial charge < -0.3 is 24.4 Å². The fourth-order valence-corrected chi connectivity index (χ4v) is 3.86. The molecule has 0 spiro atoms. The predicted molar refractivity (Wildman–Crippen MR) is 122 cm³/mol. The molecular formula is C23H25N5O4. The number of anilines is 2. The van der Waals surface area contributed by atoms with Crippen LogP contribution in [0.15, 0.2) is 53.3 Å². The number of piperazine rings is 1. The third-order valence-corrected chi connectivity index (χ3v) is 5.55. The third-order valence-electron chi connectivity index (χ3n) is 5.55. The van der Waals surface area contributed by atoms with E-state index in [9.17, 15) is 14.4 Å². The summed E-state index contributed by atoms with van der Waals surface area (Å²) in [6.07, 6.45) is 0. The summed E-state index contributed by atoms with van der Waals surface area (Å²) in [7, 11) is 1.31. The number of nitrogens with zero attached hydrogens (tertiary/aromatic N) is 4. The van der Waals surface area contributed by atoms with Crippen LogP contribution in [0.3, 0.4) is 0 Å². The van der Waals surface area contributed by atoms with Crippen molar-refractivity contribution in [1.82, 2.24) is 14.5 Å². The number of carbonyl (C=O) groups is 2. The Morgan fingerprint density at radius 1 is 1.06 bits per heavy atom. The van der Waals surface area contributed by atoms with Crippen LogP contribution < -0.4 is 15.8 Å². The molecule has 1 fully saturated rings. The van der Waals surface area contributed by atoms with Gasteiger partial charge in [-0.1, -0.05) is 18.2 Å². The number of carbonyl (C=O) groups excluding carboxylic acids is 2. The molecule has 1 N–H and O–H groups in total. The minimum atomic E-state index is -0.463. The van der Waals surface area contributed by atoms with Gasteiger partial charge in [0, 0.05) is 38.4 Å². The molecule has 1 aromatic heterocycles. The summed E-state index contributed by atoms with van der Waals surface area (Å²) >= 11 is 0. The number of hydrogen-bond acceptors (Lipinski definition) is 6. The molecule has 2 amide bonds. The monoisotopic (exact) mass is 435 g/mol. The van der Waals surface area contributed by atoms with Gasteiger partial charge >= 0.3 is 12.0 Å². The first kappa shape index (κ1) is 21.4. The number of para-hydroxylation sites is 2. The fourth-order valence-electron chi connectivity index (χ4n) is 3.86. The van der Waals surface area contributed by atoms with E-state index in [0.29, 0.717) is 49.8 Å². The average Bonchev–Trinajstić information content (AvgIpc) is 2.83. The molecule has 2 heterocycles. The zero-order valence-corrected chi connectivity index (χ0v) is 18.1. The molecule has 2 aromatic carbocycles. The van der Waals surface area contributed by atoms with Crippen LogP contribution in [-0.4, -0.2) is 59.7 Å². The van der Waals surface area contributed by atoms with Crippen molar-refractivity contribution in [2.75, 3.05) is 43.5 Å². The number of hydrogen-bond donors (Lipinski definition) is 1. The van der Waals surface area contributed by atoms with Gasteiger partial charge in [0.25, 0.3) is 5.56 Å². The van der Waals surface area contributed by atoms with Crippen LogP contribution in [0.25, 0.3) is 11.0 Å². The first-order valence-electron chi connectivity index (χ1n) is 10.5. The molecule has 166 valence electrons. The highest BCUT2D eigenvalue weighted by Crippen LogP contribution is 2.17. The summed E-state index contributed by atoms with van der Waals surface area (Å²) < 4.78 is 6.45. The molecule has 0 bridgehead atoms. The van der Waals surface area contributed by atoms with Crippen molar-refractivity contribution in [1.29, 1.82) is 0 Å². The summed E-state index contributed by atoms with van der Waals surface area (Å²) in [5, 5.41) is 2.82. The zero-order chi connectivity index (χ0) is 22.7. The topological polar surface area (TPSA) is 96.8 Å². The lowest BCUT2D eigenvalue weighted by molar-refractivity contribution is 0.0600. The number of aryl methyl sites for hydroxylation is 1. The van der Waals surface area contributed by atoms with Crippen molar-refractivity contribution in [3.05, 3.63) is 64.4 Å². The van der Waals surface area contributed by atoms with E-state index in [1.54, 1.807) is 33.7 Å². The maximum absolute atomic E-state index is 13.0. The molecule has 3 aromatic rings. The van der Waals surface area contributed by atoms with Gasteiger partial charge in [-0.25, -0.2) is 14.6 Å². The normalized spacial score (nSPS) is 13.8. The minimum Gasteiger partial charge on any atom is -0.465 e. The standard InChI is InChI=1S/C23H25N5O4/c1-3-28-19-10-5-4-9-18(19)25-20(21(28)29)26-11-13-27(14-12-26)23(31)24-17-8-6-7-16(15-17)22(30)32-2/h4-10,15H,3,11-14H2,1-2H3,(H,24,31). The van der Waals surface area contributed by atoms with Crippen molar-refractivity contribution < 1.29 is 14.3 Å². The molecular weight excluding hydrogens is 410 g/mol. The Kier molecular flexibility index (Phi) is 6.07. The van der Waals surface area contributed by atoms with Gasteiger partial charge in [-0.05, 0) is 37.3 Å². The van der Waals surface area contributed by atoms with Crippen LogP contribution in [0.5, 0.6) is 0 Å². The SMILES string of the molecule is CCn1c(=O)c(N2CCN(C(=O)Nc3cccc(C(=O)OC)c3)CC2)nc2ccccc21. The number of nitrogens with one attached hydrogen (secondary N) is 1. The molecule has 0 atom stereocenters. The Bertz CT molecular complexity index is 1210. The van der Waals surface area contributed by atoms with E-state index in [1.807, 2.05) is 36.1 Å². The summed E-state index contributed by atoms with van der Waals surface area (Å²) in [6, 6.07) is 13.9. The second kappa shape index (κ2) is 9.09. The van der Waals surface area contributed by atoms with Crippen LogP contribution in [0, 0.1) is 0 Å². The molecule has 0 radical (unpaired) electrons. The molecule has 0 aliphatic carbocycles. The van der Waals surface area contributed by atoms with Crippen LogP contribution in [0.2, 0.25) is 0 Å². The first-order chi connectivity index (χ1) is 15.5. The van der Waals surface area contributed by atoms with Crippen molar-refractivity contribution in [2.45, 2.75) is 13.5 Å². The predicted octanol–water partition coefficient (Wildman–Crippen LogP) is 2.56. The lowest BCUT2D eigenvalue weighted by Gasteiger charge is -2.35. The van der Waals surface area contributed by atoms with Crippen LogP contribution in [-0.2, 0) is 11.3 Å². The number of urea groups is 1. The number of ether oxygens (including phenoxy) is 1. The highest BCUT2D eigenvalue weighted by Gasteiger charge is 2.25. The van der Waals surface area contributed by atoms with E-state index in [2.05, 4.69) is 10.3 Å². The van der Waals surface area contributed by atoms with Crippen molar-refractivity contribution in [3.63, 3.8) is 0 Å². The van der Waals surface area contributed by atoms with Crippen LogP contribution in [0.4, 0.5) is 16.3 Å². The number of esters is 1. The second-order valence-electron chi connectivity index (χ2n) is 7.45. The van der Waals surface area contributed by atoms with Gasteiger partial charge in [0.05, 0.1) is 23.7 Å². The Hall–Kier alpha value is -3.88. The van der Waals surface area contributed by atoms with Crippen molar-refractivity contribution in [2.24, 2.45) is 0 Å². The Balaban J connectivity index is 1.46.